The molecule has 11 rings (SSSR count). The summed E-state index contributed by atoms with van der Waals surface area (Å²) in [4.78, 5) is 15.0. The highest BCUT2D eigenvalue weighted by Crippen LogP contribution is 2.40. The molecule has 0 aliphatic carbocycles. The van der Waals surface area contributed by atoms with Gasteiger partial charge in [0.1, 0.15) is 0 Å². The van der Waals surface area contributed by atoms with Gasteiger partial charge in [-0.05, 0) is 66.2 Å². The van der Waals surface area contributed by atoms with Crippen molar-refractivity contribution in [2.24, 2.45) is 0 Å². The van der Waals surface area contributed by atoms with Gasteiger partial charge in [0, 0.05) is 56.0 Å². The number of nitrogens with zero attached hydrogens (tertiary/aromatic N) is 5. The lowest BCUT2D eigenvalue weighted by atomic mass is 10.0. The molecule has 0 radical (unpaired) electrons. The maximum absolute atomic E-state index is 5.06. The zero-order valence-electron chi connectivity index (χ0n) is 30.3. The van der Waals surface area contributed by atoms with E-state index in [0.717, 1.165) is 67.0 Å². The number of pyridine rings is 1. The fourth-order valence-electron chi connectivity index (χ4n) is 8.23. The van der Waals surface area contributed by atoms with Crippen LogP contribution < -0.4 is 0 Å². The molecular weight excluding hydrogens is 683 g/mol. The zero-order chi connectivity index (χ0) is 37.0. The van der Waals surface area contributed by atoms with Crippen molar-refractivity contribution in [1.82, 2.24) is 24.1 Å². The van der Waals surface area contributed by atoms with E-state index in [1.54, 1.807) is 0 Å². The molecule has 0 bridgehead atoms. The van der Waals surface area contributed by atoms with Crippen LogP contribution in [0.3, 0.4) is 0 Å². The minimum Gasteiger partial charge on any atom is -0.309 e. The molecule has 0 unspecified atom stereocenters. The van der Waals surface area contributed by atoms with Crippen LogP contribution in [0.25, 0.3) is 100 Å². The molecule has 4 aromatic heterocycles. The predicted molar refractivity (Wildman–Crippen MR) is 230 cm³/mol. The molecule has 0 spiro atoms. The van der Waals surface area contributed by atoms with Gasteiger partial charge in [-0.15, -0.1) is 0 Å². The van der Waals surface area contributed by atoms with E-state index < -0.39 is 0 Å². The molecule has 5 heteroatoms. The second-order valence-electron chi connectivity index (χ2n) is 14.1. The fourth-order valence-corrected chi connectivity index (χ4v) is 8.23. The van der Waals surface area contributed by atoms with Crippen molar-refractivity contribution in [2.45, 2.75) is 0 Å². The second-order valence-corrected chi connectivity index (χ2v) is 14.1. The third-order valence-corrected chi connectivity index (χ3v) is 10.8. The first kappa shape index (κ1) is 31.9. The first-order chi connectivity index (χ1) is 27.8. The maximum Gasteiger partial charge on any atom is 0.160 e. The largest absolute Gasteiger partial charge is 0.309 e. The van der Waals surface area contributed by atoms with E-state index in [-0.39, 0.29) is 0 Å². The number of fused-ring (bicyclic) bond motifs is 6. The molecule has 262 valence electrons. The minimum absolute atomic E-state index is 0.704. The third kappa shape index (κ3) is 5.21. The second kappa shape index (κ2) is 13.0. The van der Waals surface area contributed by atoms with Crippen LogP contribution in [-0.4, -0.2) is 24.1 Å². The summed E-state index contributed by atoms with van der Waals surface area (Å²) in [6.07, 6.45) is 1.89. The van der Waals surface area contributed by atoms with Gasteiger partial charge in [-0.1, -0.05) is 133 Å². The number of hydrogen-bond donors (Lipinski definition) is 0. The van der Waals surface area contributed by atoms with Crippen LogP contribution in [0.1, 0.15) is 0 Å². The van der Waals surface area contributed by atoms with Crippen LogP contribution in [0.2, 0.25) is 0 Å². The Morgan fingerprint density at radius 3 is 1.71 bits per heavy atom. The van der Waals surface area contributed by atoms with E-state index in [0.29, 0.717) is 5.82 Å². The van der Waals surface area contributed by atoms with Crippen LogP contribution in [-0.2, 0) is 0 Å². The van der Waals surface area contributed by atoms with E-state index in [9.17, 15) is 0 Å². The van der Waals surface area contributed by atoms with Gasteiger partial charge in [-0.3, -0.25) is 4.98 Å². The van der Waals surface area contributed by atoms with E-state index in [2.05, 4.69) is 161 Å². The molecule has 7 aromatic carbocycles. The highest BCUT2D eigenvalue weighted by molar-refractivity contribution is 6.15. The molecule has 11 aromatic rings. The van der Waals surface area contributed by atoms with Gasteiger partial charge in [0.25, 0.3) is 0 Å². The van der Waals surface area contributed by atoms with Crippen molar-refractivity contribution in [3.8, 4) is 56.4 Å². The Labute approximate surface area is 323 Å². The van der Waals surface area contributed by atoms with Gasteiger partial charge in [0.05, 0.1) is 39.0 Å². The number of aromatic nitrogens is 5. The maximum atomic E-state index is 5.06. The molecule has 0 fully saturated rings. The Hall–Kier alpha value is -7.63. The Balaban J connectivity index is 1.05. The standard InChI is InChI=1S/C51H33N5/c1-4-14-34(15-5-1)44-33-45(54-51(53-44)36-16-6-2-7-17-36)35-25-28-39(29-26-35)55-47-30-27-37(32-43(47)49-48(55)24-13-31-52-49)40-21-12-22-42-41-20-10-11-23-46(41)56(50(40)42)38-18-8-3-9-19-38/h1-33H. The molecule has 56 heavy (non-hydrogen) atoms. The Morgan fingerprint density at radius 2 is 0.946 bits per heavy atom. The van der Waals surface area contributed by atoms with Crippen LogP contribution >= 0.6 is 0 Å². The monoisotopic (exact) mass is 715 g/mol. The molecule has 0 aliphatic rings. The van der Waals surface area contributed by atoms with E-state index >= 15 is 0 Å². The average Bonchev–Trinajstić information content (AvgIpc) is 3.80. The normalized spacial score (nSPS) is 11.6. The Kier molecular flexibility index (Phi) is 7.42. The van der Waals surface area contributed by atoms with Gasteiger partial charge < -0.3 is 9.13 Å². The topological polar surface area (TPSA) is 48.5 Å². The molecule has 0 saturated heterocycles. The summed E-state index contributed by atoms with van der Waals surface area (Å²) < 4.78 is 4.72. The highest BCUT2D eigenvalue weighted by atomic mass is 15.0. The first-order valence-electron chi connectivity index (χ1n) is 18.9. The van der Waals surface area contributed by atoms with Crippen LogP contribution in [0.4, 0.5) is 0 Å². The number of hydrogen-bond acceptors (Lipinski definition) is 3. The van der Waals surface area contributed by atoms with Gasteiger partial charge in [0.2, 0.25) is 0 Å². The Bertz CT molecular complexity index is 3160. The summed E-state index contributed by atoms with van der Waals surface area (Å²) >= 11 is 0. The summed E-state index contributed by atoms with van der Waals surface area (Å²) in [5, 5.41) is 3.58. The van der Waals surface area contributed by atoms with Gasteiger partial charge in [-0.25, -0.2) is 9.97 Å². The molecule has 5 nitrogen and oxygen atoms in total. The average molecular weight is 716 g/mol. The fraction of sp³-hybridized carbons (Fsp3) is 0. The summed E-state index contributed by atoms with van der Waals surface area (Å²) in [7, 11) is 0. The quantitative estimate of drug-likeness (QED) is 0.172. The van der Waals surface area contributed by atoms with Crippen molar-refractivity contribution in [1.29, 1.82) is 0 Å². The van der Waals surface area contributed by atoms with Crippen LogP contribution in [0, 0.1) is 0 Å². The lowest BCUT2D eigenvalue weighted by Crippen LogP contribution is -1.97. The molecule has 0 aliphatic heterocycles. The summed E-state index contributed by atoms with van der Waals surface area (Å²) in [5.74, 6) is 0.704. The van der Waals surface area contributed by atoms with Gasteiger partial charge in [0.15, 0.2) is 5.82 Å². The lowest BCUT2D eigenvalue weighted by molar-refractivity contribution is 1.17. The summed E-state index contributed by atoms with van der Waals surface area (Å²) in [6.45, 7) is 0. The van der Waals surface area contributed by atoms with Crippen molar-refractivity contribution in [2.75, 3.05) is 0 Å². The molecular formula is C51H33N5. The van der Waals surface area contributed by atoms with Crippen molar-refractivity contribution in [3.05, 3.63) is 200 Å². The molecule has 0 amide bonds. The van der Waals surface area contributed by atoms with Crippen molar-refractivity contribution in [3.63, 3.8) is 0 Å². The smallest absolute Gasteiger partial charge is 0.160 e. The molecule has 0 saturated carbocycles. The van der Waals surface area contributed by atoms with Crippen molar-refractivity contribution >= 4 is 43.7 Å². The first-order valence-corrected chi connectivity index (χ1v) is 18.9. The highest BCUT2D eigenvalue weighted by Gasteiger charge is 2.19. The molecule has 0 atom stereocenters. The number of benzene rings is 7. The van der Waals surface area contributed by atoms with Gasteiger partial charge in [-0.2, -0.15) is 0 Å². The van der Waals surface area contributed by atoms with Gasteiger partial charge >= 0.3 is 0 Å². The summed E-state index contributed by atoms with van der Waals surface area (Å²) in [5.41, 5.74) is 14.9. The predicted octanol–water partition coefficient (Wildman–Crippen LogP) is 12.7. The zero-order valence-corrected chi connectivity index (χ0v) is 30.3. The van der Waals surface area contributed by atoms with E-state index in [1.165, 1.54) is 27.4 Å². The number of rotatable bonds is 6. The third-order valence-electron chi connectivity index (χ3n) is 10.8. The number of para-hydroxylation sites is 3. The molecule has 4 heterocycles. The van der Waals surface area contributed by atoms with Crippen LogP contribution in [0.15, 0.2) is 200 Å². The minimum atomic E-state index is 0.704. The molecule has 0 N–H and O–H groups in total. The lowest BCUT2D eigenvalue weighted by Gasteiger charge is -2.13. The van der Waals surface area contributed by atoms with Crippen LogP contribution in [0.5, 0.6) is 0 Å². The van der Waals surface area contributed by atoms with Crippen molar-refractivity contribution < 1.29 is 0 Å². The van der Waals surface area contributed by atoms with E-state index in [4.69, 9.17) is 15.0 Å². The Morgan fingerprint density at radius 1 is 0.357 bits per heavy atom. The SMILES string of the molecule is c1ccc(-c2cc(-c3ccc(-n4c5ccc(-c6cccc7c8ccccc8n(-c8ccccc8)c67)cc5c5ncccc54)cc3)nc(-c3ccccc3)n2)cc1. The summed E-state index contributed by atoms with van der Waals surface area (Å²) in [6, 6.07) is 68.2. The van der Waals surface area contributed by atoms with E-state index in [1.807, 2.05) is 48.7 Å².